The second-order valence-electron chi connectivity index (χ2n) is 4.74. The predicted octanol–water partition coefficient (Wildman–Crippen LogP) is 3.16. The molecule has 1 aromatic carbocycles. The molecule has 0 atom stereocenters. The minimum atomic E-state index is 0.478. The smallest absolute Gasteiger partial charge is 0.193 e. The van der Waals surface area contributed by atoms with Crippen molar-refractivity contribution in [2.75, 3.05) is 5.32 Å². The van der Waals surface area contributed by atoms with Crippen molar-refractivity contribution in [2.45, 2.75) is 25.8 Å². The van der Waals surface area contributed by atoms with Crippen LogP contribution in [0.25, 0.3) is 0 Å². The number of aryl methyl sites for hydroxylation is 2. The number of nitrogens with one attached hydrogen (secondary N) is 1. The van der Waals surface area contributed by atoms with Gasteiger partial charge in [-0.25, -0.2) is 4.99 Å². The zero-order valence-corrected chi connectivity index (χ0v) is 11.5. The van der Waals surface area contributed by atoms with E-state index in [-0.39, 0.29) is 0 Å². The zero-order chi connectivity index (χ0) is 13.1. The van der Waals surface area contributed by atoms with Crippen LogP contribution in [0.3, 0.4) is 0 Å². The number of nitrogens with two attached hydrogens (primary N) is 1. The van der Waals surface area contributed by atoms with Crippen LogP contribution in [0.4, 0.5) is 5.69 Å². The van der Waals surface area contributed by atoms with Crippen molar-refractivity contribution in [2.24, 2.45) is 10.7 Å². The molecule has 0 saturated carbocycles. The highest BCUT2D eigenvalue weighted by Crippen LogP contribution is 2.24. The zero-order valence-electron chi connectivity index (χ0n) is 10.7. The van der Waals surface area contributed by atoms with Gasteiger partial charge in [0.25, 0.3) is 0 Å². The molecule has 2 aromatic rings. The molecule has 19 heavy (non-hydrogen) atoms. The molecule has 0 amide bonds. The summed E-state index contributed by atoms with van der Waals surface area (Å²) in [5, 5.41) is 5.22. The summed E-state index contributed by atoms with van der Waals surface area (Å²) < 4.78 is 0. The maximum atomic E-state index is 5.91. The summed E-state index contributed by atoms with van der Waals surface area (Å²) in [7, 11) is 0. The van der Waals surface area contributed by atoms with Crippen LogP contribution < -0.4 is 11.1 Å². The number of hydrogen-bond acceptors (Lipinski definition) is 2. The number of thiophene rings is 1. The quantitative estimate of drug-likeness (QED) is 0.665. The number of hydrogen-bond donors (Lipinski definition) is 2. The van der Waals surface area contributed by atoms with Crippen molar-refractivity contribution in [3.8, 4) is 0 Å². The third-order valence-corrected chi connectivity index (χ3v) is 4.22. The summed E-state index contributed by atoms with van der Waals surface area (Å²) in [5.41, 5.74) is 9.86. The van der Waals surface area contributed by atoms with E-state index in [2.05, 4.69) is 40.0 Å². The summed E-state index contributed by atoms with van der Waals surface area (Å²) >= 11 is 1.70. The summed E-state index contributed by atoms with van der Waals surface area (Å²) in [6, 6.07) is 10.6. The lowest BCUT2D eigenvalue weighted by Gasteiger charge is -2.07. The van der Waals surface area contributed by atoms with Gasteiger partial charge < -0.3 is 11.1 Å². The third-order valence-electron chi connectivity index (χ3n) is 3.36. The molecule has 4 heteroatoms. The van der Waals surface area contributed by atoms with Gasteiger partial charge in [0.15, 0.2) is 5.96 Å². The molecule has 0 fully saturated rings. The Morgan fingerprint density at radius 2 is 2.16 bits per heavy atom. The normalized spacial score (nSPS) is 14.4. The van der Waals surface area contributed by atoms with Crippen LogP contribution in [0.1, 0.15) is 22.4 Å². The Morgan fingerprint density at radius 3 is 3.00 bits per heavy atom. The van der Waals surface area contributed by atoms with Crippen LogP contribution in [0.15, 0.2) is 40.7 Å². The van der Waals surface area contributed by atoms with Crippen molar-refractivity contribution in [3.05, 3.63) is 51.7 Å². The van der Waals surface area contributed by atoms with Gasteiger partial charge in [-0.05, 0) is 54.0 Å². The third kappa shape index (κ3) is 2.96. The van der Waals surface area contributed by atoms with Gasteiger partial charge in [-0.1, -0.05) is 12.1 Å². The average Bonchev–Trinajstić information content (AvgIpc) is 3.07. The molecule has 1 aliphatic rings. The fourth-order valence-corrected chi connectivity index (χ4v) is 3.03. The molecule has 1 heterocycles. The predicted molar refractivity (Wildman–Crippen MR) is 81.7 cm³/mol. The Kier molecular flexibility index (Phi) is 3.51. The topological polar surface area (TPSA) is 50.4 Å². The van der Waals surface area contributed by atoms with Crippen LogP contribution in [-0.4, -0.2) is 5.96 Å². The van der Waals surface area contributed by atoms with Crippen molar-refractivity contribution in [3.63, 3.8) is 0 Å². The lowest BCUT2D eigenvalue weighted by molar-refractivity contribution is 0.912. The fourth-order valence-electron chi connectivity index (χ4n) is 2.40. The van der Waals surface area contributed by atoms with Gasteiger partial charge in [-0.2, -0.15) is 0 Å². The van der Waals surface area contributed by atoms with Gasteiger partial charge in [0.05, 0.1) is 6.54 Å². The van der Waals surface area contributed by atoms with Crippen LogP contribution >= 0.6 is 11.3 Å². The Morgan fingerprint density at radius 1 is 1.26 bits per heavy atom. The maximum absolute atomic E-state index is 5.91. The van der Waals surface area contributed by atoms with Gasteiger partial charge in [0.2, 0.25) is 0 Å². The summed E-state index contributed by atoms with van der Waals surface area (Å²) in [4.78, 5) is 5.57. The molecule has 3 N–H and O–H groups in total. The second kappa shape index (κ2) is 5.45. The van der Waals surface area contributed by atoms with Gasteiger partial charge >= 0.3 is 0 Å². The Hall–Kier alpha value is -1.81. The Balaban J connectivity index is 1.65. The number of anilines is 1. The molecule has 0 spiro atoms. The van der Waals surface area contributed by atoms with Crippen LogP contribution in [-0.2, 0) is 19.4 Å². The van der Waals surface area contributed by atoms with Crippen molar-refractivity contribution in [1.82, 2.24) is 0 Å². The number of aliphatic imine (C=N–C) groups is 1. The minimum Gasteiger partial charge on any atom is -0.370 e. The summed E-state index contributed by atoms with van der Waals surface area (Å²) in [6.07, 6.45) is 3.65. The van der Waals surface area contributed by atoms with E-state index in [4.69, 9.17) is 5.73 Å². The number of benzene rings is 1. The van der Waals surface area contributed by atoms with E-state index in [9.17, 15) is 0 Å². The first-order chi connectivity index (χ1) is 9.31. The SMILES string of the molecule is NC(=NCc1cccs1)Nc1ccc2c(c1)CCC2. The second-order valence-corrected chi connectivity index (χ2v) is 5.78. The molecule has 0 aliphatic heterocycles. The molecule has 0 saturated heterocycles. The molecular formula is C15H17N3S. The number of rotatable bonds is 3. The monoisotopic (exact) mass is 271 g/mol. The van der Waals surface area contributed by atoms with E-state index in [0.717, 1.165) is 5.69 Å². The Bertz CT molecular complexity index is 587. The molecule has 0 unspecified atom stereocenters. The highest BCUT2D eigenvalue weighted by atomic mass is 32.1. The molecule has 1 aliphatic carbocycles. The highest BCUT2D eigenvalue weighted by Gasteiger charge is 2.10. The molecule has 3 nitrogen and oxygen atoms in total. The van der Waals surface area contributed by atoms with Crippen molar-refractivity contribution < 1.29 is 0 Å². The van der Waals surface area contributed by atoms with Crippen LogP contribution in [0.5, 0.6) is 0 Å². The van der Waals surface area contributed by atoms with E-state index in [1.165, 1.54) is 35.3 Å². The standard InChI is InChI=1S/C15H17N3S/c16-15(17-10-14-5-2-8-19-14)18-13-7-6-11-3-1-4-12(11)9-13/h2,5-9H,1,3-4,10H2,(H3,16,17,18). The number of nitrogens with zero attached hydrogens (tertiary/aromatic N) is 1. The summed E-state index contributed by atoms with van der Waals surface area (Å²) in [5.74, 6) is 0.478. The molecular weight excluding hydrogens is 254 g/mol. The minimum absolute atomic E-state index is 0.478. The lowest BCUT2D eigenvalue weighted by Crippen LogP contribution is -2.22. The number of fused-ring (bicyclic) bond motifs is 1. The maximum Gasteiger partial charge on any atom is 0.193 e. The highest BCUT2D eigenvalue weighted by molar-refractivity contribution is 7.09. The Labute approximate surface area is 117 Å². The first kappa shape index (κ1) is 12.2. The van der Waals surface area contributed by atoms with E-state index in [1.54, 1.807) is 11.3 Å². The van der Waals surface area contributed by atoms with E-state index in [0.29, 0.717) is 12.5 Å². The fraction of sp³-hybridized carbons (Fsp3) is 0.267. The largest absolute Gasteiger partial charge is 0.370 e. The molecule has 0 bridgehead atoms. The van der Waals surface area contributed by atoms with E-state index in [1.807, 2.05) is 6.07 Å². The molecule has 3 rings (SSSR count). The van der Waals surface area contributed by atoms with Gasteiger partial charge in [-0.3, -0.25) is 0 Å². The van der Waals surface area contributed by atoms with Crippen molar-refractivity contribution in [1.29, 1.82) is 0 Å². The number of guanidine groups is 1. The van der Waals surface area contributed by atoms with Crippen LogP contribution in [0, 0.1) is 0 Å². The van der Waals surface area contributed by atoms with Gasteiger partial charge in [-0.15, -0.1) is 11.3 Å². The molecule has 0 radical (unpaired) electrons. The molecule has 1 aromatic heterocycles. The van der Waals surface area contributed by atoms with Gasteiger partial charge in [0.1, 0.15) is 0 Å². The molecule has 98 valence electrons. The van der Waals surface area contributed by atoms with Gasteiger partial charge in [0, 0.05) is 10.6 Å². The first-order valence-corrected chi connectivity index (χ1v) is 7.40. The first-order valence-electron chi connectivity index (χ1n) is 6.52. The lowest BCUT2D eigenvalue weighted by atomic mass is 10.1. The van der Waals surface area contributed by atoms with E-state index < -0.39 is 0 Å². The average molecular weight is 271 g/mol. The van der Waals surface area contributed by atoms with Crippen LogP contribution in [0.2, 0.25) is 0 Å². The van der Waals surface area contributed by atoms with Crippen molar-refractivity contribution >= 4 is 23.0 Å². The summed E-state index contributed by atoms with van der Waals surface area (Å²) in [6.45, 7) is 0.640. The van der Waals surface area contributed by atoms with E-state index >= 15 is 0 Å².